The van der Waals surface area contributed by atoms with E-state index in [1.54, 1.807) is 15.6 Å². The van der Waals surface area contributed by atoms with Gasteiger partial charge in [-0.3, -0.25) is 0 Å². The van der Waals surface area contributed by atoms with Gasteiger partial charge in [-0.2, -0.15) is 0 Å². The number of rotatable bonds is 6. The fourth-order valence-corrected chi connectivity index (χ4v) is 4.73. The van der Waals surface area contributed by atoms with Crippen LogP contribution in [0.15, 0.2) is 24.8 Å². The summed E-state index contributed by atoms with van der Waals surface area (Å²) in [5.41, 5.74) is 4.62. The summed E-state index contributed by atoms with van der Waals surface area (Å²) >= 11 is 0.524. The van der Waals surface area contributed by atoms with E-state index in [4.69, 9.17) is 0 Å². The Hall–Kier alpha value is -0.521. The van der Waals surface area contributed by atoms with Gasteiger partial charge >= 0.3 is 126 Å². The summed E-state index contributed by atoms with van der Waals surface area (Å²) in [4.78, 5) is 0. The molecule has 1 aromatic rings. The molecular weight excluding hydrogens is 295 g/mol. The molecule has 0 saturated heterocycles. The van der Waals surface area contributed by atoms with Gasteiger partial charge in [-0.05, 0) is 0 Å². The monoisotopic (exact) mass is 324 g/mol. The molecule has 0 nitrogen and oxygen atoms in total. The van der Waals surface area contributed by atoms with E-state index in [0.717, 1.165) is 5.32 Å². The molecule has 0 radical (unpaired) electrons. The van der Waals surface area contributed by atoms with Crippen LogP contribution in [0.2, 0.25) is 5.32 Å². The Balaban J connectivity index is 3.41. The Kier molecular flexibility index (Phi) is 6.36. The molecule has 0 spiro atoms. The Bertz CT molecular complexity index is 398. The van der Waals surface area contributed by atoms with Crippen LogP contribution in [0.5, 0.6) is 0 Å². The van der Waals surface area contributed by atoms with Crippen molar-refractivity contribution in [2.45, 2.75) is 64.6 Å². The molecule has 0 aliphatic carbocycles. The van der Waals surface area contributed by atoms with Gasteiger partial charge in [-0.1, -0.05) is 0 Å². The van der Waals surface area contributed by atoms with Crippen LogP contribution in [-0.4, -0.2) is 15.0 Å². The van der Waals surface area contributed by atoms with Gasteiger partial charge < -0.3 is 0 Å². The third-order valence-corrected chi connectivity index (χ3v) is 5.86. The number of allylic oxidation sites excluding steroid dienone is 1. The Morgan fingerprint density at radius 2 is 1.42 bits per heavy atom. The van der Waals surface area contributed by atoms with Crippen LogP contribution in [0.4, 0.5) is 0 Å². The predicted molar refractivity (Wildman–Crippen MR) is 89.1 cm³/mol. The van der Waals surface area contributed by atoms with E-state index in [0.29, 0.717) is 32.7 Å². The van der Waals surface area contributed by atoms with Crippen LogP contribution < -0.4 is 4.46 Å². The first-order valence-corrected chi connectivity index (χ1v) is 9.36. The number of benzene rings is 1. The molecule has 1 heteroatoms. The van der Waals surface area contributed by atoms with Crippen molar-refractivity contribution in [3.05, 3.63) is 41.5 Å². The first-order valence-electron chi connectivity index (χ1n) is 7.29. The molecule has 1 aromatic carbocycles. The average molecular weight is 323 g/mol. The fraction of sp³-hybridized carbons (Fsp3) is 0.556. The third kappa shape index (κ3) is 4.23. The Labute approximate surface area is 125 Å². The molecule has 0 unspecified atom stereocenters. The van der Waals surface area contributed by atoms with Gasteiger partial charge in [-0.25, -0.2) is 0 Å². The van der Waals surface area contributed by atoms with Gasteiger partial charge in [0, 0.05) is 0 Å². The molecule has 19 heavy (non-hydrogen) atoms. The maximum absolute atomic E-state index is 3.89. The zero-order chi connectivity index (χ0) is 14.6. The van der Waals surface area contributed by atoms with Crippen molar-refractivity contribution in [2.24, 2.45) is 0 Å². The Morgan fingerprint density at radius 3 is 1.74 bits per heavy atom. The quantitative estimate of drug-likeness (QED) is 0.511. The molecule has 0 aromatic heterocycles. The Morgan fingerprint density at radius 1 is 0.947 bits per heavy atom. The van der Waals surface area contributed by atoms with E-state index in [-0.39, 0.29) is 0 Å². The molecule has 0 N–H and O–H groups in total. The van der Waals surface area contributed by atoms with Crippen molar-refractivity contribution in [3.8, 4) is 0 Å². The normalized spacial score (nSPS) is 11.6. The first kappa shape index (κ1) is 16.5. The van der Waals surface area contributed by atoms with E-state index >= 15 is 0 Å². The van der Waals surface area contributed by atoms with Crippen LogP contribution in [-0.2, 0) is 0 Å². The summed E-state index contributed by atoms with van der Waals surface area (Å²) in [6, 6.07) is 4.89. The topological polar surface area (TPSA) is 0 Å². The fourth-order valence-electron chi connectivity index (χ4n) is 2.20. The van der Waals surface area contributed by atoms with Crippen molar-refractivity contribution in [1.82, 2.24) is 0 Å². The average Bonchev–Trinajstić information content (AvgIpc) is 2.34. The summed E-state index contributed by atoms with van der Waals surface area (Å²) in [6.07, 6.45) is 2.06. The minimum absolute atomic E-state index is 0.524. The predicted octanol–water partition coefficient (Wildman–Crippen LogP) is 4.99. The zero-order valence-corrected chi connectivity index (χ0v) is 15.0. The summed E-state index contributed by atoms with van der Waals surface area (Å²) in [5, 5.41) is 1.13. The molecule has 0 atom stereocenters. The molecule has 0 aliphatic rings. The van der Waals surface area contributed by atoms with Crippen molar-refractivity contribution in [3.63, 3.8) is 0 Å². The maximum atomic E-state index is 3.89. The molecule has 1 rings (SSSR count). The molecule has 106 valence electrons. The van der Waals surface area contributed by atoms with Gasteiger partial charge in [0.25, 0.3) is 0 Å². The second-order valence-electron chi connectivity index (χ2n) is 6.09. The van der Waals surface area contributed by atoms with Crippen molar-refractivity contribution >= 4 is 19.4 Å². The third-order valence-electron chi connectivity index (χ3n) is 3.42. The minimum atomic E-state index is 0.524. The van der Waals surface area contributed by atoms with Gasteiger partial charge in [0.15, 0.2) is 0 Å². The molecule has 0 saturated carbocycles. The number of hydrogen-bond acceptors (Lipinski definition) is 0. The SMILES string of the molecule is C=CC[Se]c1c(C(C)C)cc(C(C)C)cc1C(C)C. The van der Waals surface area contributed by atoms with Crippen molar-refractivity contribution < 1.29 is 0 Å². The first-order chi connectivity index (χ1) is 8.88. The summed E-state index contributed by atoms with van der Waals surface area (Å²) in [5.74, 6) is 1.83. The van der Waals surface area contributed by atoms with Crippen LogP contribution in [0, 0.1) is 0 Å². The second kappa shape index (κ2) is 7.31. The van der Waals surface area contributed by atoms with E-state index in [1.807, 2.05) is 0 Å². The summed E-state index contributed by atoms with van der Waals surface area (Å²) < 4.78 is 1.63. The van der Waals surface area contributed by atoms with Crippen molar-refractivity contribution in [1.29, 1.82) is 0 Å². The van der Waals surface area contributed by atoms with E-state index in [2.05, 4.69) is 66.3 Å². The standard InChI is InChI=1S/C18H28Se/c1-8-9-19-18-16(13(4)5)10-15(12(2)3)11-17(18)14(6)7/h8,10-14H,1,9H2,2-7H3. The molecule has 0 bridgehead atoms. The molecule has 0 fully saturated rings. The second-order valence-corrected chi connectivity index (χ2v) is 8.25. The zero-order valence-electron chi connectivity index (χ0n) is 13.3. The molecule has 0 aliphatic heterocycles. The van der Waals surface area contributed by atoms with E-state index in [1.165, 1.54) is 5.56 Å². The van der Waals surface area contributed by atoms with Crippen LogP contribution in [0.1, 0.15) is 76.0 Å². The molecular formula is C18H28Se. The molecule has 0 heterocycles. The number of hydrogen-bond donors (Lipinski definition) is 0. The van der Waals surface area contributed by atoms with Gasteiger partial charge in [0.2, 0.25) is 0 Å². The van der Waals surface area contributed by atoms with Crippen LogP contribution in [0.3, 0.4) is 0 Å². The summed E-state index contributed by atoms with van der Waals surface area (Å²) in [6.45, 7) is 17.7. The summed E-state index contributed by atoms with van der Waals surface area (Å²) in [7, 11) is 0. The molecule has 0 amide bonds. The van der Waals surface area contributed by atoms with Crippen LogP contribution in [0.25, 0.3) is 0 Å². The van der Waals surface area contributed by atoms with E-state index in [9.17, 15) is 0 Å². The van der Waals surface area contributed by atoms with Crippen molar-refractivity contribution in [2.75, 3.05) is 0 Å². The van der Waals surface area contributed by atoms with Crippen LogP contribution >= 0.6 is 0 Å². The van der Waals surface area contributed by atoms with E-state index < -0.39 is 0 Å². The van der Waals surface area contributed by atoms with Gasteiger partial charge in [-0.15, -0.1) is 0 Å². The van der Waals surface area contributed by atoms with Gasteiger partial charge in [0.1, 0.15) is 0 Å². The van der Waals surface area contributed by atoms with Gasteiger partial charge in [0.05, 0.1) is 0 Å².